The number of aromatic carboxylic acids is 1. The molecular formula is C15H15NO3S. The summed E-state index contributed by atoms with van der Waals surface area (Å²) >= 11 is 1.36. The van der Waals surface area contributed by atoms with Crippen LogP contribution < -0.4 is 0 Å². The fourth-order valence-corrected chi connectivity index (χ4v) is 3.05. The number of nitrogens with zero attached hydrogens (tertiary/aromatic N) is 1. The van der Waals surface area contributed by atoms with Crippen LogP contribution in [0.15, 0.2) is 35.4 Å². The lowest BCUT2D eigenvalue weighted by Gasteiger charge is -2.09. The van der Waals surface area contributed by atoms with E-state index < -0.39 is 5.97 Å². The second kappa shape index (κ2) is 5.96. The Labute approximate surface area is 121 Å². The molecule has 20 heavy (non-hydrogen) atoms. The van der Waals surface area contributed by atoms with Crippen molar-refractivity contribution in [1.82, 2.24) is 4.98 Å². The lowest BCUT2D eigenvalue weighted by Crippen LogP contribution is -2.05. The number of phenols is 1. The molecule has 2 N–H and O–H groups in total. The van der Waals surface area contributed by atoms with E-state index in [0.29, 0.717) is 16.3 Å². The standard InChI is InChI=1S/C15H15NO3S/c1-9-6-10(2)16-14(13(9)15(18)19)20-8-11-4-3-5-12(17)7-11/h3-7,17H,8H2,1-2H3,(H,18,19). The van der Waals surface area contributed by atoms with Crippen molar-refractivity contribution in [3.8, 4) is 5.75 Å². The van der Waals surface area contributed by atoms with Gasteiger partial charge in [0.05, 0.1) is 5.56 Å². The summed E-state index contributed by atoms with van der Waals surface area (Å²) in [5, 5.41) is 19.2. The van der Waals surface area contributed by atoms with Gasteiger partial charge in [-0.25, -0.2) is 9.78 Å². The monoisotopic (exact) mass is 289 g/mol. The molecule has 0 aliphatic rings. The van der Waals surface area contributed by atoms with E-state index in [-0.39, 0.29) is 11.3 Å². The fourth-order valence-electron chi connectivity index (χ4n) is 1.97. The van der Waals surface area contributed by atoms with E-state index in [2.05, 4.69) is 4.98 Å². The molecule has 2 rings (SSSR count). The molecule has 0 saturated carbocycles. The molecule has 0 aliphatic carbocycles. The van der Waals surface area contributed by atoms with Crippen LogP contribution in [-0.2, 0) is 5.75 Å². The highest BCUT2D eigenvalue weighted by molar-refractivity contribution is 7.98. The third kappa shape index (κ3) is 3.30. The van der Waals surface area contributed by atoms with Gasteiger partial charge in [0.1, 0.15) is 10.8 Å². The van der Waals surface area contributed by atoms with E-state index in [1.807, 2.05) is 13.0 Å². The number of carboxylic acids is 1. The van der Waals surface area contributed by atoms with Crippen LogP contribution in [0.25, 0.3) is 0 Å². The van der Waals surface area contributed by atoms with Crippen LogP contribution in [0.3, 0.4) is 0 Å². The number of aromatic hydroxyl groups is 1. The van der Waals surface area contributed by atoms with Gasteiger partial charge in [0.2, 0.25) is 0 Å². The Hall–Kier alpha value is -2.01. The number of rotatable bonds is 4. The lowest BCUT2D eigenvalue weighted by atomic mass is 10.1. The van der Waals surface area contributed by atoms with Gasteiger partial charge in [-0.2, -0.15) is 0 Å². The number of pyridine rings is 1. The van der Waals surface area contributed by atoms with Gasteiger partial charge in [0.15, 0.2) is 0 Å². The fraction of sp³-hybridized carbons (Fsp3) is 0.200. The molecule has 0 radical (unpaired) electrons. The molecule has 2 aromatic rings. The average Bonchev–Trinajstić information content (AvgIpc) is 2.35. The highest BCUT2D eigenvalue weighted by atomic mass is 32.2. The summed E-state index contributed by atoms with van der Waals surface area (Å²) in [4.78, 5) is 15.6. The first-order chi connectivity index (χ1) is 9.47. The van der Waals surface area contributed by atoms with Crippen molar-refractivity contribution in [2.24, 2.45) is 0 Å². The molecule has 0 aliphatic heterocycles. The number of aryl methyl sites for hydroxylation is 2. The first kappa shape index (κ1) is 14.4. The highest BCUT2D eigenvalue weighted by Gasteiger charge is 2.16. The van der Waals surface area contributed by atoms with Crippen molar-refractivity contribution in [1.29, 1.82) is 0 Å². The van der Waals surface area contributed by atoms with Gasteiger partial charge < -0.3 is 10.2 Å². The van der Waals surface area contributed by atoms with Crippen LogP contribution in [0.4, 0.5) is 0 Å². The zero-order valence-electron chi connectivity index (χ0n) is 11.3. The van der Waals surface area contributed by atoms with Crippen molar-refractivity contribution < 1.29 is 15.0 Å². The summed E-state index contributed by atoms with van der Waals surface area (Å²) in [6, 6.07) is 8.68. The molecule has 5 heteroatoms. The Morgan fingerprint density at radius 2 is 2.05 bits per heavy atom. The Bertz CT molecular complexity index is 656. The van der Waals surface area contributed by atoms with E-state index in [1.54, 1.807) is 31.2 Å². The summed E-state index contributed by atoms with van der Waals surface area (Å²) in [6.07, 6.45) is 0. The molecule has 0 fully saturated rings. The van der Waals surface area contributed by atoms with Crippen molar-refractivity contribution in [3.05, 3.63) is 52.7 Å². The smallest absolute Gasteiger partial charge is 0.338 e. The highest BCUT2D eigenvalue weighted by Crippen LogP contribution is 2.28. The largest absolute Gasteiger partial charge is 0.508 e. The molecule has 0 unspecified atom stereocenters. The average molecular weight is 289 g/mol. The topological polar surface area (TPSA) is 70.4 Å². The molecule has 4 nitrogen and oxygen atoms in total. The van der Waals surface area contributed by atoms with Gasteiger partial charge in [0, 0.05) is 11.4 Å². The minimum Gasteiger partial charge on any atom is -0.508 e. The lowest BCUT2D eigenvalue weighted by molar-refractivity contribution is 0.0691. The van der Waals surface area contributed by atoms with Crippen LogP contribution in [-0.4, -0.2) is 21.2 Å². The minimum absolute atomic E-state index is 0.204. The van der Waals surface area contributed by atoms with Crippen LogP contribution in [0.1, 0.15) is 27.2 Å². The maximum Gasteiger partial charge on any atom is 0.338 e. The van der Waals surface area contributed by atoms with Crippen molar-refractivity contribution in [2.45, 2.75) is 24.6 Å². The number of carboxylic acid groups (broad SMARTS) is 1. The zero-order chi connectivity index (χ0) is 14.7. The molecule has 0 saturated heterocycles. The van der Waals surface area contributed by atoms with Crippen molar-refractivity contribution >= 4 is 17.7 Å². The predicted molar refractivity (Wildman–Crippen MR) is 78.3 cm³/mol. The van der Waals surface area contributed by atoms with Gasteiger partial charge >= 0.3 is 5.97 Å². The van der Waals surface area contributed by atoms with E-state index in [4.69, 9.17) is 0 Å². The molecule has 0 amide bonds. The van der Waals surface area contributed by atoms with Gasteiger partial charge in [-0.3, -0.25) is 0 Å². The van der Waals surface area contributed by atoms with E-state index >= 15 is 0 Å². The third-order valence-corrected chi connectivity index (χ3v) is 3.86. The second-order valence-corrected chi connectivity index (χ2v) is 5.49. The van der Waals surface area contributed by atoms with Crippen LogP contribution in [0, 0.1) is 13.8 Å². The molecular weight excluding hydrogens is 274 g/mol. The van der Waals surface area contributed by atoms with Gasteiger partial charge in [-0.1, -0.05) is 12.1 Å². The number of hydrogen-bond donors (Lipinski definition) is 2. The van der Waals surface area contributed by atoms with Crippen molar-refractivity contribution in [2.75, 3.05) is 0 Å². The van der Waals surface area contributed by atoms with E-state index in [1.165, 1.54) is 11.8 Å². The number of thioether (sulfide) groups is 1. The minimum atomic E-state index is -0.964. The summed E-state index contributed by atoms with van der Waals surface area (Å²) < 4.78 is 0. The van der Waals surface area contributed by atoms with Crippen LogP contribution in [0.5, 0.6) is 5.75 Å². The quantitative estimate of drug-likeness (QED) is 0.844. The Balaban J connectivity index is 2.27. The molecule has 0 spiro atoms. The number of aromatic nitrogens is 1. The predicted octanol–water partition coefficient (Wildman–Crippen LogP) is 3.39. The molecule has 104 valence electrons. The van der Waals surface area contributed by atoms with E-state index in [0.717, 1.165) is 11.3 Å². The first-order valence-corrected chi connectivity index (χ1v) is 7.08. The summed E-state index contributed by atoms with van der Waals surface area (Å²) in [5.41, 5.74) is 2.68. The van der Waals surface area contributed by atoms with E-state index in [9.17, 15) is 15.0 Å². The van der Waals surface area contributed by atoms with Gasteiger partial charge in [-0.15, -0.1) is 11.8 Å². The summed E-state index contributed by atoms with van der Waals surface area (Å²) in [7, 11) is 0. The summed E-state index contributed by atoms with van der Waals surface area (Å²) in [6.45, 7) is 3.62. The Kier molecular flexibility index (Phi) is 4.29. The molecule has 1 aromatic carbocycles. The van der Waals surface area contributed by atoms with Crippen molar-refractivity contribution in [3.63, 3.8) is 0 Å². The molecule has 0 bridgehead atoms. The molecule has 1 heterocycles. The second-order valence-electron chi connectivity index (χ2n) is 4.52. The van der Waals surface area contributed by atoms with Gasteiger partial charge in [0.25, 0.3) is 0 Å². The maximum absolute atomic E-state index is 11.3. The number of carbonyl (C=O) groups is 1. The summed E-state index contributed by atoms with van der Waals surface area (Å²) in [5.74, 6) is -0.201. The maximum atomic E-state index is 11.3. The molecule has 0 atom stereocenters. The number of phenolic OH excluding ortho intramolecular Hbond substituents is 1. The Morgan fingerprint density at radius 1 is 1.30 bits per heavy atom. The third-order valence-electron chi connectivity index (χ3n) is 2.81. The zero-order valence-corrected chi connectivity index (χ0v) is 12.1. The van der Waals surface area contributed by atoms with Gasteiger partial charge in [-0.05, 0) is 43.2 Å². The SMILES string of the molecule is Cc1cc(C)c(C(=O)O)c(SCc2cccc(O)c2)n1. The Morgan fingerprint density at radius 3 is 2.70 bits per heavy atom. The van der Waals surface area contributed by atoms with Crippen LogP contribution >= 0.6 is 11.8 Å². The first-order valence-electron chi connectivity index (χ1n) is 6.09. The number of benzene rings is 1. The number of hydrogen-bond acceptors (Lipinski definition) is 4. The molecule has 1 aromatic heterocycles. The van der Waals surface area contributed by atoms with Crippen LogP contribution in [0.2, 0.25) is 0 Å². The normalized spacial score (nSPS) is 10.5.